The van der Waals surface area contributed by atoms with E-state index in [-0.39, 0.29) is 5.91 Å². The second-order valence-electron chi connectivity index (χ2n) is 4.90. The molecule has 3 rings (SSSR count). The molecule has 0 aliphatic carbocycles. The molecule has 2 heterocycles. The van der Waals surface area contributed by atoms with Crippen LogP contribution >= 0.6 is 11.6 Å². The lowest BCUT2D eigenvalue weighted by molar-refractivity contribution is -0.116. The molecule has 2 aromatic heterocycles. The van der Waals surface area contributed by atoms with Crippen LogP contribution in [0.2, 0.25) is 5.02 Å². The molecule has 0 saturated heterocycles. The number of nitrogens with zero attached hydrogens (tertiary/aromatic N) is 2. The van der Waals surface area contributed by atoms with Crippen molar-refractivity contribution in [3.8, 4) is 11.6 Å². The zero-order valence-electron chi connectivity index (χ0n) is 12.2. The number of nitrogens with one attached hydrogen (secondary N) is 1. The number of hydrogen-bond donors (Lipinski definition) is 1. The minimum Gasteiger partial charge on any atom is -0.461 e. The third kappa shape index (κ3) is 4.20. The predicted octanol–water partition coefficient (Wildman–Crippen LogP) is 3.94. The molecule has 0 radical (unpaired) electrons. The molecular weight excluding hydrogens is 318 g/mol. The SMILES string of the molecule is O=C(CCCc1nc(-c2ccco2)no1)Nc1ccc(Cl)cc1. The second-order valence-corrected chi connectivity index (χ2v) is 5.33. The number of halogens is 1. The number of aromatic nitrogens is 2. The Bertz CT molecular complexity index is 766. The molecule has 0 saturated carbocycles. The van der Waals surface area contributed by atoms with Gasteiger partial charge in [0.2, 0.25) is 17.6 Å². The van der Waals surface area contributed by atoms with E-state index in [9.17, 15) is 4.79 Å². The lowest BCUT2D eigenvalue weighted by Gasteiger charge is -2.04. The Morgan fingerprint density at radius 3 is 2.78 bits per heavy atom. The Hall–Kier alpha value is -2.60. The Morgan fingerprint density at radius 2 is 2.04 bits per heavy atom. The summed E-state index contributed by atoms with van der Waals surface area (Å²) >= 11 is 5.80. The van der Waals surface area contributed by atoms with Crippen LogP contribution in [0.5, 0.6) is 0 Å². The fraction of sp³-hybridized carbons (Fsp3) is 0.188. The van der Waals surface area contributed by atoms with Crippen molar-refractivity contribution in [3.05, 3.63) is 53.6 Å². The average molecular weight is 332 g/mol. The van der Waals surface area contributed by atoms with Crippen LogP contribution in [-0.4, -0.2) is 16.0 Å². The van der Waals surface area contributed by atoms with E-state index in [4.69, 9.17) is 20.5 Å². The highest BCUT2D eigenvalue weighted by atomic mass is 35.5. The summed E-state index contributed by atoms with van der Waals surface area (Å²) in [4.78, 5) is 16.1. The number of benzene rings is 1. The third-order valence-electron chi connectivity index (χ3n) is 3.13. The lowest BCUT2D eigenvalue weighted by Crippen LogP contribution is -2.11. The quantitative estimate of drug-likeness (QED) is 0.739. The summed E-state index contributed by atoms with van der Waals surface area (Å²) in [5.41, 5.74) is 0.720. The maximum absolute atomic E-state index is 11.9. The number of aryl methyl sites for hydroxylation is 1. The Labute approximate surface area is 137 Å². The van der Waals surface area contributed by atoms with Gasteiger partial charge in [-0.15, -0.1) is 0 Å². The number of anilines is 1. The summed E-state index contributed by atoms with van der Waals surface area (Å²) in [6.45, 7) is 0. The molecule has 23 heavy (non-hydrogen) atoms. The van der Waals surface area contributed by atoms with Crippen molar-refractivity contribution in [2.24, 2.45) is 0 Å². The van der Waals surface area contributed by atoms with Crippen LogP contribution in [0.1, 0.15) is 18.7 Å². The Balaban J connectivity index is 1.46. The maximum atomic E-state index is 11.9. The van der Waals surface area contributed by atoms with Gasteiger partial charge in [0.15, 0.2) is 5.76 Å². The van der Waals surface area contributed by atoms with E-state index in [0.717, 1.165) is 5.69 Å². The third-order valence-corrected chi connectivity index (χ3v) is 3.38. The van der Waals surface area contributed by atoms with Gasteiger partial charge >= 0.3 is 0 Å². The Kier molecular flexibility index (Phi) is 4.73. The molecule has 0 atom stereocenters. The van der Waals surface area contributed by atoms with Crippen LogP contribution in [0.15, 0.2) is 51.6 Å². The summed E-state index contributed by atoms with van der Waals surface area (Å²) in [5, 5.41) is 7.27. The van der Waals surface area contributed by atoms with Crippen LogP contribution in [0.3, 0.4) is 0 Å². The molecule has 0 aliphatic heterocycles. The van der Waals surface area contributed by atoms with Gasteiger partial charge in [0.25, 0.3) is 0 Å². The van der Waals surface area contributed by atoms with E-state index < -0.39 is 0 Å². The average Bonchev–Trinajstić information content (AvgIpc) is 3.20. The maximum Gasteiger partial charge on any atom is 0.238 e. The molecule has 0 spiro atoms. The molecule has 6 nitrogen and oxygen atoms in total. The molecule has 1 N–H and O–H groups in total. The number of carbonyl (C=O) groups is 1. The molecule has 1 aromatic carbocycles. The van der Waals surface area contributed by atoms with Gasteiger partial charge in [0, 0.05) is 23.6 Å². The number of furan rings is 1. The normalized spacial score (nSPS) is 10.7. The summed E-state index contributed by atoms with van der Waals surface area (Å²) in [6, 6.07) is 10.5. The summed E-state index contributed by atoms with van der Waals surface area (Å²) in [7, 11) is 0. The van der Waals surface area contributed by atoms with Crippen molar-refractivity contribution in [2.75, 3.05) is 5.32 Å². The first-order valence-corrected chi connectivity index (χ1v) is 7.50. The van der Waals surface area contributed by atoms with E-state index in [2.05, 4.69) is 15.5 Å². The van der Waals surface area contributed by atoms with Crippen LogP contribution in [0.4, 0.5) is 5.69 Å². The highest BCUT2D eigenvalue weighted by Crippen LogP contribution is 2.17. The standard InChI is InChI=1S/C16H14ClN3O3/c17-11-6-8-12(9-7-11)18-14(21)4-1-5-15-19-16(20-23-15)13-3-2-10-22-13/h2-3,6-10H,1,4-5H2,(H,18,21). The number of hydrogen-bond acceptors (Lipinski definition) is 5. The van der Waals surface area contributed by atoms with Crippen molar-refractivity contribution in [1.29, 1.82) is 0 Å². The van der Waals surface area contributed by atoms with Crippen molar-refractivity contribution in [2.45, 2.75) is 19.3 Å². The van der Waals surface area contributed by atoms with Gasteiger partial charge in [-0.3, -0.25) is 4.79 Å². The highest BCUT2D eigenvalue weighted by molar-refractivity contribution is 6.30. The van der Waals surface area contributed by atoms with E-state index in [1.54, 1.807) is 42.7 Å². The first-order chi connectivity index (χ1) is 11.2. The van der Waals surface area contributed by atoms with Crippen LogP contribution < -0.4 is 5.32 Å². The van der Waals surface area contributed by atoms with Crippen LogP contribution in [0, 0.1) is 0 Å². The van der Waals surface area contributed by atoms with Gasteiger partial charge in [-0.25, -0.2) is 0 Å². The molecule has 0 unspecified atom stereocenters. The Morgan fingerprint density at radius 1 is 1.22 bits per heavy atom. The van der Waals surface area contributed by atoms with E-state index in [1.165, 1.54) is 0 Å². The lowest BCUT2D eigenvalue weighted by atomic mass is 10.2. The number of carbonyl (C=O) groups excluding carboxylic acids is 1. The monoisotopic (exact) mass is 331 g/mol. The molecule has 0 bridgehead atoms. The van der Waals surface area contributed by atoms with E-state index >= 15 is 0 Å². The zero-order chi connectivity index (χ0) is 16.1. The van der Waals surface area contributed by atoms with Gasteiger partial charge < -0.3 is 14.3 Å². The number of amides is 1. The van der Waals surface area contributed by atoms with Gasteiger partial charge in [0.05, 0.1) is 6.26 Å². The van der Waals surface area contributed by atoms with Crippen molar-refractivity contribution in [3.63, 3.8) is 0 Å². The minimum atomic E-state index is -0.0712. The molecule has 3 aromatic rings. The van der Waals surface area contributed by atoms with Gasteiger partial charge in [-0.1, -0.05) is 16.8 Å². The van der Waals surface area contributed by atoms with Crippen LogP contribution in [-0.2, 0) is 11.2 Å². The first kappa shape index (κ1) is 15.3. The van der Waals surface area contributed by atoms with Crippen LogP contribution in [0.25, 0.3) is 11.6 Å². The highest BCUT2D eigenvalue weighted by Gasteiger charge is 2.11. The van der Waals surface area contributed by atoms with E-state index in [1.807, 2.05) is 0 Å². The smallest absolute Gasteiger partial charge is 0.238 e. The fourth-order valence-electron chi connectivity index (χ4n) is 2.02. The molecule has 7 heteroatoms. The zero-order valence-corrected chi connectivity index (χ0v) is 12.9. The molecule has 0 aliphatic rings. The van der Waals surface area contributed by atoms with Crippen molar-refractivity contribution >= 4 is 23.2 Å². The number of rotatable bonds is 6. The second kappa shape index (κ2) is 7.11. The summed E-state index contributed by atoms with van der Waals surface area (Å²) in [5.74, 6) is 1.38. The largest absolute Gasteiger partial charge is 0.461 e. The van der Waals surface area contributed by atoms with Gasteiger partial charge in [-0.05, 0) is 42.8 Å². The predicted molar refractivity (Wildman–Crippen MR) is 85.0 cm³/mol. The van der Waals surface area contributed by atoms with Crippen molar-refractivity contribution < 1.29 is 13.7 Å². The minimum absolute atomic E-state index is 0.0712. The topological polar surface area (TPSA) is 81.2 Å². The fourth-order valence-corrected chi connectivity index (χ4v) is 2.15. The summed E-state index contributed by atoms with van der Waals surface area (Å²) < 4.78 is 10.3. The van der Waals surface area contributed by atoms with Crippen molar-refractivity contribution in [1.82, 2.24) is 10.1 Å². The molecule has 1 amide bonds. The molecule has 0 fully saturated rings. The van der Waals surface area contributed by atoms with Gasteiger partial charge in [-0.2, -0.15) is 4.98 Å². The van der Waals surface area contributed by atoms with Gasteiger partial charge in [0.1, 0.15) is 0 Å². The summed E-state index contributed by atoms with van der Waals surface area (Å²) in [6.07, 6.45) is 3.05. The molecule has 118 valence electrons. The first-order valence-electron chi connectivity index (χ1n) is 7.12. The van der Waals surface area contributed by atoms with E-state index in [0.29, 0.717) is 41.8 Å². The molecular formula is C16H14ClN3O3.